The van der Waals surface area contributed by atoms with Gasteiger partial charge in [0.2, 0.25) is 0 Å². The fourth-order valence-electron chi connectivity index (χ4n) is 1.23. The summed E-state index contributed by atoms with van der Waals surface area (Å²) in [5.41, 5.74) is 7.22. The SMILES string of the molecule is CCc1[nH]nc(C(=O)NCC(C)OC)c1N. The summed E-state index contributed by atoms with van der Waals surface area (Å²) >= 11 is 0. The maximum absolute atomic E-state index is 11.7. The molecule has 0 saturated heterocycles. The largest absolute Gasteiger partial charge is 0.395 e. The topological polar surface area (TPSA) is 93.0 Å². The third-order valence-electron chi connectivity index (χ3n) is 2.40. The molecule has 6 heteroatoms. The smallest absolute Gasteiger partial charge is 0.274 e. The van der Waals surface area contributed by atoms with E-state index in [0.717, 1.165) is 12.1 Å². The van der Waals surface area contributed by atoms with Crippen LogP contribution in [0.3, 0.4) is 0 Å². The molecule has 16 heavy (non-hydrogen) atoms. The van der Waals surface area contributed by atoms with Crippen molar-refractivity contribution in [3.05, 3.63) is 11.4 Å². The molecule has 1 aromatic heterocycles. The number of aromatic nitrogens is 2. The maximum atomic E-state index is 11.7. The molecule has 0 spiro atoms. The van der Waals surface area contributed by atoms with Crippen molar-refractivity contribution in [1.29, 1.82) is 0 Å². The van der Waals surface area contributed by atoms with E-state index in [0.29, 0.717) is 12.2 Å². The lowest BCUT2D eigenvalue weighted by Crippen LogP contribution is -2.32. The zero-order valence-electron chi connectivity index (χ0n) is 9.83. The number of carbonyl (C=O) groups is 1. The van der Waals surface area contributed by atoms with Crippen molar-refractivity contribution in [1.82, 2.24) is 15.5 Å². The van der Waals surface area contributed by atoms with Gasteiger partial charge < -0.3 is 15.8 Å². The van der Waals surface area contributed by atoms with Crippen LogP contribution < -0.4 is 11.1 Å². The molecule has 1 heterocycles. The van der Waals surface area contributed by atoms with E-state index in [4.69, 9.17) is 10.5 Å². The second-order valence-corrected chi connectivity index (χ2v) is 3.57. The first-order valence-corrected chi connectivity index (χ1v) is 5.23. The number of ether oxygens (including phenoxy) is 1. The minimum Gasteiger partial charge on any atom is -0.395 e. The number of nitrogens with one attached hydrogen (secondary N) is 2. The van der Waals surface area contributed by atoms with Crippen molar-refractivity contribution < 1.29 is 9.53 Å². The molecule has 1 atom stereocenters. The molecule has 90 valence electrons. The van der Waals surface area contributed by atoms with Crippen molar-refractivity contribution in [2.45, 2.75) is 26.4 Å². The highest BCUT2D eigenvalue weighted by atomic mass is 16.5. The molecule has 0 saturated carbocycles. The van der Waals surface area contributed by atoms with Gasteiger partial charge in [0.15, 0.2) is 5.69 Å². The van der Waals surface area contributed by atoms with Crippen LogP contribution in [0.2, 0.25) is 0 Å². The van der Waals surface area contributed by atoms with Crippen molar-refractivity contribution in [3.8, 4) is 0 Å². The Bertz CT molecular complexity index is 362. The van der Waals surface area contributed by atoms with E-state index in [-0.39, 0.29) is 17.7 Å². The number of nitrogen functional groups attached to an aromatic ring is 1. The van der Waals surface area contributed by atoms with Gasteiger partial charge in [-0.05, 0) is 13.3 Å². The summed E-state index contributed by atoms with van der Waals surface area (Å²) in [6.07, 6.45) is 0.690. The van der Waals surface area contributed by atoms with Crippen LogP contribution in [0.15, 0.2) is 0 Å². The number of anilines is 1. The molecular weight excluding hydrogens is 208 g/mol. The number of aromatic amines is 1. The average molecular weight is 226 g/mol. The molecule has 1 unspecified atom stereocenters. The number of H-pyrrole nitrogens is 1. The van der Waals surface area contributed by atoms with Crippen LogP contribution in [0.25, 0.3) is 0 Å². The third-order valence-corrected chi connectivity index (χ3v) is 2.40. The minimum absolute atomic E-state index is 0.0326. The summed E-state index contributed by atoms with van der Waals surface area (Å²) in [6, 6.07) is 0. The molecule has 0 aliphatic heterocycles. The number of methoxy groups -OCH3 is 1. The Labute approximate surface area is 94.5 Å². The van der Waals surface area contributed by atoms with Gasteiger partial charge in [-0.1, -0.05) is 6.92 Å². The Balaban J connectivity index is 2.63. The highest BCUT2D eigenvalue weighted by Gasteiger charge is 2.16. The van der Waals surface area contributed by atoms with Gasteiger partial charge in [0, 0.05) is 13.7 Å². The minimum atomic E-state index is -0.280. The summed E-state index contributed by atoms with van der Waals surface area (Å²) < 4.78 is 5.02. The van der Waals surface area contributed by atoms with Crippen LogP contribution in [0, 0.1) is 0 Å². The third kappa shape index (κ3) is 2.73. The highest BCUT2D eigenvalue weighted by Crippen LogP contribution is 2.13. The van der Waals surface area contributed by atoms with E-state index in [1.54, 1.807) is 7.11 Å². The van der Waals surface area contributed by atoms with Crippen LogP contribution in [0.5, 0.6) is 0 Å². The van der Waals surface area contributed by atoms with Crippen LogP contribution in [0.4, 0.5) is 5.69 Å². The van der Waals surface area contributed by atoms with E-state index >= 15 is 0 Å². The summed E-state index contributed by atoms with van der Waals surface area (Å²) in [5.74, 6) is -0.280. The first-order valence-electron chi connectivity index (χ1n) is 5.23. The molecule has 1 amide bonds. The number of hydrogen-bond acceptors (Lipinski definition) is 4. The molecule has 1 rings (SSSR count). The second kappa shape index (κ2) is 5.50. The Hall–Kier alpha value is -1.56. The van der Waals surface area contributed by atoms with Crippen LogP contribution in [0.1, 0.15) is 30.0 Å². The molecule has 0 radical (unpaired) electrons. The number of aryl methyl sites for hydroxylation is 1. The van der Waals surface area contributed by atoms with E-state index in [1.807, 2.05) is 13.8 Å². The second-order valence-electron chi connectivity index (χ2n) is 3.57. The van der Waals surface area contributed by atoms with E-state index in [2.05, 4.69) is 15.5 Å². The zero-order chi connectivity index (χ0) is 12.1. The molecule has 0 aliphatic carbocycles. The Morgan fingerprint density at radius 1 is 1.69 bits per heavy atom. The number of nitrogens with two attached hydrogens (primary N) is 1. The van der Waals surface area contributed by atoms with E-state index in [9.17, 15) is 4.79 Å². The van der Waals surface area contributed by atoms with Gasteiger partial charge in [-0.3, -0.25) is 9.89 Å². The monoisotopic (exact) mass is 226 g/mol. The van der Waals surface area contributed by atoms with Crippen LogP contribution in [-0.2, 0) is 11.2 Å². The lowest BCUT2D eigenvalue weighted by molar-refractivity contribution is 0.0867. The van der Waals surface area contributed by atoms with Gasteiger partial charge in [-0.2, -0.15) is 5.10 Å². The van der Waals surface area contributed by atoms with Gasteiger partial charge in [0.25, 0.3) is 5.91 Å². The predicted octanol–water partition coefficient (Wildman–Crippen LogP) is 0.319. The van der Waals surface area contributed by atoms with Crippen LogP contribution in [-0.4, -0.2) is 35.9 Å². The fourth-order valence-corrected chi connectivity index (χ4v) is 1.23. The standard InChI is InChI=1S/C10H18N4O2/c1-4-7-8(11)9(14-13-7)10(15)12-5-6(2)16-3/h6H,4-5,11H2,1-3H3,(H,12,15)(H,13,14). The quantitative estimate of drug-likeness (QED) is 0.674. The Morgan fingerprint density at radius 2 is 2.38 bits per heavy atom. The first kappa shape index (κ1) is 12.5. The molecular formula is C10H18N4O2. The average Bonchev–Trinajstić information content (AvgIpc) is 2.66. The molecule has 0 aliphatic rings. The lowest BCUT2D eigenvalue weighted by Gasteiger charge is -2.09. The van der Waals surface area contributed by atoms with Gasteiger partial charge in [-0.25, -0.2) is 0 Å². The summed E-state index contributed by atoms with van der Waals surface area (Å²) in [7, 11) is 1.59. The van der Waals surface area contributed by atoms with Gasteiger partial charge in [0.1, 0.15) is 0 Å². The molecule has 4 N–H and O–H groups in total. The summed E-state index contributed by atoms with van der Waals surface area (Å²) in [4.78, 5) is 11.7. The van der Waals surface area contributed by atoms with E-state index in [1.165, 1.54) is 0 Å². The molecule has 0 fully saturated rings. The van der Waals surface area contributed by atoms with Crippen molar-refractivity contribution >= 4 is 11.6 Å². The number of nitrogens with zero attached hydrogens (tertiary/aromatic N) is 1. The van der Waals surface area contributed by atoms with E-state index < -0.39 is 0 Å². The maximum Gasteiger partial charge on any atom is 0.274 e. The zero-order valence-corrected chi connectivity index (χ0v) is 9.83. The van der Waals surface area contributed by atoms with Gasteiger partial charge in [0.05, 0.1) is 17.5 Å². The van der Waals surface area contributed by atoms with Crippen molar-refractivity contribution in [3.63, 3.8) is 0 Å². The predicted molar refractivity (Wildman–Crippen MR) is 61.2 cm³/mol. The molecule has 1 aromatic rings. The fraction of sp³-hybridized carbons (Fsp3) is 0.600. The molecule has 6 nitrogen and oxygen atoms in total. The molecule has 0 aromatic carbocycles. The highest BCUT2D eigenvalue weighted by molar-refractivity contribution is 5.97. The number of carbonyl (C=O) groups excluding carboxylic acids is 1. The summed E-state index contributed by atoms with van der Waals surface area (Å²) in [6.45, 7) is 4.24. The van der Waals surface area contributed by atoms with Crippen molar-refractivity contribution in [2.24, 2.45) is 0 Å². The van der Waals surface area contributed by atoms with Gasteiger partial charge >= 0.3 is 0 Å². The Morgan fingerprint density at radius 3 is 2.88 bits per heavy atom. The molecule has 0 bridgehead atoms. The normalized spacial score (nSPS) is 12.4. The Kier molecular flexibility index (Phi) is 4.30. The van der Waals surface area contributed by atoms with Gasteiger partial charge in [-0.15, -0.1) is 0 Å². The van der Waals surface area contributed by atoms with Crippen LogP contribution >= 0.6 is 0 Å². The number of amides is 1. The lowest BCUT2D eigenvalue weighted by atomic mass is 10.2. The summed E-state index contributed by atoms with van der Waals surface area (Å²) in [5, 5.41) is 9.33. The number of rotatable bonds is 5. The van der Waals surface area contributed by atoms with Crippen molar-refractivity contribution in [2.75, 3.05) is 19.4 Å². The first-order chi connectivity index (χ1) is 7.60. The number of hydrogen-bond donors (Lipinski definition) is 3.